The fourth-order valence-electron chi connectivity index (χ4n) is 1.86. The van der Waals surface area contributed by atoms with E-state index in [4.69, 9.17) is 10.5 Å². The Morgan fingerprint density at radius 3 is 2.37 bits per heavy atom. The Balaban J connectivity index is 2.41. The molecule has 0 aliphatic rings. The number of ether oxygens (including phenoxy) is 1. The Kier molecular flexibility index (Phi) is 6.53. The zero-order chi connectivity index (χ0) is 14.3. The highest BCUT2D eigenvalue weighted by atomic mass is 16.5. The minimum Gasteiger partial charge on any atom is -0.380 e. The van der Waals surface area contributed by atoms with Crippen molar-refractivity contribution >= 4 is 5.91 Å². The summed E-state index contributed by atoms with van der Waals surface area (Å²) < 4.78 is 5.05. The van der Waals surface area contributed by atoms with E-state index in [1.807, 2.05) is 24.3 Å². The van der Waals surface area contributed by atoms with Crippen molar-refractivity contribution in [1.82, 2.24) is 5.32 Å². The van der Waals surface area contributed by atoms with Gasteiger partial charge in [-0.05, 0) is 23.5 Å². The number of hydrogen-bond acceptors (Lipinski definition) is 3. The highest BCUT2D eigenvalue weighted by Crippen LogP contribution is 2.06. The van der Waals surface area contributed by atoms with Crippen LogP contribution in [0.25, 0.3) is 0 Å². The lowest BCUT2D eigenvalue weighted by Crippen LogP contribution is -2.41. The predicted octanol–water partition coefficient (Wildman–Crippen LogP) is 1.82. The highest BCUT2D eigenvalue weighted by molar-refractivity contribution is 5.81. The fraction of sp³-hybridized carbons (Fsp3) is 0.533. The van der Waals surface area contributed by atoms with Gasteiger partial charge in [-0.2, -0.15) is 0 Å². The zero-order valence-electron chi connectivity index (χ0n) is 12.0. The maximum atomic E-state index is 11.8. The topological polar surface area (TPSA) is 64.3 Å². The molecule has 0 aromatic heterocycles. The summed E-state index contributed by atoms with van der Waals surface area (Å²) >= 11 is 0. The number of hydrogen-bond donors (Lipinski definition) is 2. The van der Waals surface area contributed by atoms with E-state index in [1.54, 1.807) is 7.11 Å². The largest absolute Gasteiger partial charge is 0.380 e. The third-order valence-corrected chi connectivity index (χ3v) is 2.86. The van der Waals surface area contributed by atoms with Crippen molar-refractivity contribution < 1.29 is 9.53 Å². The molecule has 0 fully saturated rings. The van der Waals surface area contributed by atoms with Crippen molar-refractivity contribution in [2.45, 2.75) is 39.5 Å². The Morgan fingerprint density at radius 1 is 1.26 bits per heavy atom. The Bertz CT molecular complexity index is 388. The SMILES string of the molecule is COCc1ccc(CNC(=O)[C@@H](N)CC(C)C)cc1. The van der Waals surface area contributed by atoms with E-state index in [-0.39, 0.29) is 5.91 Å². The van der Waals surface area contributed by atoms with Gasteiger partial charge in [0, 0.05) is 13.7 Å². The number of carbonyl (C=O) groups excluding carboxylic acids is 1. The normalized spacial score (nSPS) is 12.5. The van der Waals surface area contributed by atoms with Crippen LogP contribution in [0.5, 0.6) is 0 Å². The number of benzene rings is 1. The number of nitrogens with one attached hydrogen (secondary N) is 1. The molecule has 3 N–H and O–H groups in total. The molecule has 106 valence electrons. The monoisotopic (exact) mass is 264 g/mol. The van der Waals surface area contributed by atoms with E-state index in [1.165, 1.54) is 0 Å². The van der Waals surface area contributed by atoms with Crippen LogP contribution in [0.1, 0.15) is 31.4 Å². The summed E-state index contributed by atoms with van der Waals surface area (Å²) in [6.07, 6.45) is 0.707. The van der Waals surface area contributed by atoms with Gasteiger partial charge in [0.05, 0.1) is 12.6 Å². The molecule has 0 spiro atoms. The van der Waals surface area contributed by atoms with Gasteiger partial charge in [0.25, 0.3) is 0 Å². The van der Waals surface area contributed by atoms with Crippen molar-refractivity contribution in [2.24, 2.45) is 11.7 Å². The summed E-state index contributed by atoms with van der Waals surface area (Å²) in [4.78, 5) is 11.8. The fourth-order valence-corrected chi connectivity index (χ4v) is 1.86. The van der Waals surface area contributed by atoms with Crippen LogP contribution in [0.15, 0.2) is 24.3 Å². The van der Waals surface area contributed by atoms with Gasteiger partial charge in [-0.3, -0.25) is 4.79 Å². The van der Waals surface area contributed by atoms with Crippen LogP contribution >= 0.6 is 0 Å². The lowest BCUT2D eigenvalue weighted by atomic mass is 10.0. The van der Waals surface area contributed by atoms with E-state index in [0.717, 1.165) is 11.1 Å². The van der Waals surface area contributed by atoms with Crippen LogP contribution in [0.2, 0.25) is 0 Å². The van der Waals surface area contributed by atoms with E-state index in [9.17, 15) is 4.79 Å². The third kappa shape index (κ3) is 5.85. The van der Waals surface area contributed by atoms with Gasteiger partial charge in [-0.1, -0.05) is 38.1 Å². The second-order valence-electron chi connectivity index (χ2n) is 5.20. The van der Waals surface area contributed by atoms with Gasteiger partial charge in [-0.25, -0.2) is 0 Å². The molecule has 4 nitrogen and oxygen atoms in total. The van der Waals surface area contributed by atoms with E-state index in [2.05, 4.69) is 19.2 Å². The van der Waals surface area contributed by atoms with Crippen molar-refractivity contribution in [2.75, 3.05) is 7.11 Å². The van der Waals surface area contributed by atoms with Crippen molar-refractivity contribution in [3.8, 4) is 0 Å². The average molecular weight is 264 g/mol. The summed E-state index contributed by atoms with van der Waals surface area (Å²) in [5.41, 5.74) is 8.00. The first-order valence-electron chi connectivity index (χ1n) is 6.63. The summed E-state index contributed by atoms with van der Waals surface area (Å²) in [5, 5.41) is 2.86. The highest BCUT2D eigenvalue weighted by Gasteiger charge is 2.14. The van der Waals surface area contributed by atoms with Crippen LogP contribution in [0.4, 0.5) is 0 Å². The Hall–Kier alpha value is -1.39. The van der Waals surface area contributed by atoms with Crippen molar-refractivity contribution in [3.63, 3.8) is 0 Å². The third-order valence-electron chi connectivity index (χ3n) is 2.86. The molecule has 0 heterocycles. The molecule has 0 unspecified atom stereocenters. The number of nitrogens with two attached hydrogens (primary N) is 1. The Labute approximate surface area is 115 Å². The van der Waals surface area contributed by atoms with Crippen LogP contribution in [-0.2, 0) is 22.7 Å². The molecule has 0 bridgehead atoms. The molecular formula is C15H24N2O2. The molecule has 0 radical (unpaired) electrons. The van der Waals surface area contributed by atoms with Crippen molar-refractivity contribution in [3.05, 3.63) is 35.4 Å². The average Bonchev–Trinajstić information content (AvgIpc) is 2.37. The van der Waals surface area contributed by atoms with Gasteiger partial charge >= 0.3 is 0 Å². The first-order valence-corrected chi connectivity index (χ1v) is 6.63. The van der Waals surface area contributed by atoms with Crippen LogP contribution < -0.4 is 11.1 Å². The number of rotatable bonds is 7. The molecule has 1 rings (SSSR count). The summed E-state index contributed by atoms with van der Waals surface area (Å²) in [5.74, 6) is 0.337. The lowest BCUT2D eigenvalue weighted by Gasteiger charge is -2.14. The van der Waals surface area contributed by atoms with Gasteiger partial charge < -0.3 is 15.8 Å². The second-order valence-corrected chi connectivity index (χ2v) is 5.20. The van der Waals surface area contributed by atoms with Crippen LogP contribution in [0.3, 0.4) is 0 Å². The van der Waals surface area contributed by atoms with E-state index in [0.29, 0.717) is 25.5 Å². The molecule has 1 amide bonds. The molecule has 0 aliphatic carbocycles. The predicted molar refractivity (Wildman–Crippen MR) is 76.4 cm³/mol. The molecule has 1 atom stereocenters. The first-order chi connectivity index (χ1) is 9.02. The summed E-state index contributed by atoms with van der Waals surface area (Å²) in [6.45, 7) is 5.23. The van der Waals surface area contributed by atoms with Crippen molar-refractivity contribution in [1.29, 1.82) is 0 Å². The van der Waals surface area contributed by atoms with Gasteiger partial charge in [0.15, 0.2) is 0 Å². The summed E-state index contributed by atoms with van der Waals surface area (Å²) in [6, 6.07) is 7.55. The van der Waals surface area contributed by atoms with Gasteiger partial charge in [0.2, 0.25) is 5.91 Å². The molecule has 0 aliphatic heterocycles. The maximum absolute atomic E-state index is 11.8. The van der Waals surface area contributed by atoms with E-state index < -0.39 is 6.04 Å². The molecular weight excluding hydrogens is 240 g/mol. The Morgan fingerprint density at radius 2 is 1.84 bits per heavy atom. The standard InChI is InChI=1S/C15H24N2O2/c1-11(2)8-14(16)15(18)17-9-12-4-6-13(7-5-12)10-19-3/h4-7,11,14H,8-10,16H2,1-3H3,(H,17,18)/t14-/m0/s1. The zero-order valence-corrected chi connectivity index (χ0v) is 12.0. The van der Waals surface area contributed by atoms with Crippen LogP contribution in [-0.4, -0.2) is 19.1 Å². The van der Waals surface area contributed by atoms with Gasteiger partial charge in [-0.15, -0.1) is 0 Å². The maximum Gasteiger partial charge on any atom is 0.237 e. The molecule has 0 saturated heterocycles. The number of methoxy groups -OCH3 is 1. The molecule has 4 heteroatoms. The van der Waals surface area contributed by atoms with Crippen LogP contribution in [0, 0.1) is 5.92 Å². The number of carbonyl (C=O) groups is 1. The lowest BCUT2D eigenvalue weighted by molar-refractivity contribution is -0.122. The summed E-state index contributed by atoms with van der Waals surface area (Å²) in [7, 11) is 1.67. The molecule has 1 aromatic carbocycles. The molecule has 19 heavy (non-hydrogen) atoms. The minimum atomic E-state index is -0.423. The molecule has 0 saturated carbocycles. The minimum absolute atomic E-state index is 0.0883. The van der Waals surface area contributed by atoms with E-state index >= 15 is 0 Å². The second kappa shape index (κ2) is 7.92. The van der Waals surface area contributed by atoms with Gasteiger partial charge in [0.1, 0.15) is 0 Å². The number of amides is 1. The smallest absolute Gasteiger partial charge is 0.237 e. The molecule has 1 aromatic rings. The first kappa shape index (κ1) is 15.7. The quantitative estimate of drug-likeness (QED) is 0.789.